The van der Waals surface area contributed by atoms with E-state index in [4.69, 9.17) is 9.84 Å². The van der Waals surface area contributed by atoms with Gasteiger partial charge in [-0.05, 0) is 36.1 Å². The monoisotopic (exact) mass is 297 g/mol. The summed E-state index contributed by atoms with van der Waals surface area (Å²) in [6.07, 6.45) is 2.30. The topological polar surface area (TPSA) is 75.6 Å². The first-order valence-electron chi connectivity index (χ1n) is 6.19. The molecule has 0 heterocycles. The van der Waals surface area contributed by atoms with Crippen molar-refractivity contribution in [1.82, 2.24) is 5.32 Å². The van der Waals surface area contributed by atoms with Gasteiger partial charge in [0.2, 0.25) is 0 Å². The van der Waals surface area contributed by atoms with Crippen molar-refractivity contribution in [2.75, 3.05) is 19.1 Å². The quantitative estimate of drug-likeness (QED) is 0.765. The van der Waals surface area contributed by atoms with Crippen LogP contribution in [0.25, 0.3) is 0 Å². The van der Waals surface area contributed by atoms with Gasteiger partial charge in [-0.3, -0.25) is 4.79 Å². The molecule has 0 radical (unpaired) electrons. The molecule has 1 rings (SSSR count). The highest BCUT2D eigenvalue weighted by atomic mass is 32.2. The summed E-state index contributed by atoms with van der Waals surface area (Å²) >= 11 is 1.55. The van der Waals surface area contributed by atoms with E-state index in [2.05, 4.69) is 5.32 Å². The van der Waals surface area contributed by atoms with Crippen LogP contribution in [0.2, 0.25) is 0 Å². The van der Waals surface area contributed by atoms with E-state index in [1.54, 1.807) is 37.1 Å². The van der Waals surface area contributed by atoms with Gasteiger partial charge in [-0.2, -0.15) is 11.8 Å². The number of nitrogens with one attached hydrogen (secondary N) is 1. The number of methoxy groups -OCH3 is 1. The van der Waals surface area contributed by atoms with Gasteiger partial charge in [0.25, 0.3) is 5.91 Å². The molecule has 110 valence electrons. The minimum absolute atomic E-state index is 0.378. The van der Waals surface area contributed by atoms with Gasteiger partial charge in [-0.1, -0.05) is 12.1 Å². The third-order valence-electron chi connectivity index (χ3n) is 2.71. The Morgan fingerprint density at radius 3 is 2.80 bits per heavy atom. The van der Waals surface area contributed by atoms with Crippen LogP contribution in [-0.2, 0) is 16.1 Å². The van der Waals surface area contributed by atoms with Crippen molar-refractivity contribution in [2.24, 2.45) is 0 Å². The van der Waals surface area contributed by atoms with Gasteiger partial charge in [-0.25, -0.2) is 4.79 Å². The lowest BCUT2D eigenvalue weighted by molar-refractivity contribution is -0.139. The Balaban J connectivity index is 2.72. The zero-order valence-electron chi connectivity index (χ0n) is 11.6. The predicted molar refractivity (Wildman–Crippen MR) is 79.0 cm³/mol. The molecule has 6 heteroatoms. The van der Waals surface area contributed by atoms with E-state index in [0.717, 1.165) is 5.56 Å². The number of benzene rings is 1. The summed E-state index contributed by atoms with van der Waals surface area (Å²) in [5, 5.41) is 11.6. The maximum atomic E-state index is 12.1. The van der Waals surface area contributed by atoms with Gasteiger partial charge < -0.3 is 15.2 Å². The Hall–Kier alpha value is -1.53. The van der Waals surface area contributed by atoms with Crippen LogP contribution >= 0.6 is 11.8 Å². The van der Waals surface area contributed by atoms with Gasteiger partial charge in [0.15, 0.2) is 0 Å². The van der Waals surface area contributed by atoms with Gasteiger partial charge in [0, 0.05) is 12.7 Å². The van der Waals surface area contributed by atoms with Crippen molar-refractivity contribution in [3.8, 4) is 0 Å². The Bertz CT molecular complexity index is 464. The molecule has 0 saturated carbocycles. The summed E-state index contributed by atoms with van der Waals surface area (Å²) in [7, 11) is 1.58. The number of amides is 1. The van der Waals surface area contributed by atoms with E-state index in [0.29, 0.717) is 24.3 Å². The second kappa shape index (κ2) is 8.60. The lowest BCUT2D eigenvalue weighted by Crippen LogP contribution is -2.41. The fraction of sp³-hybridized carbons (Fsp3) is 0.429. The van der Waals surface area contributed by atoms with Crippen LogP contribution in [-0.4, -0.2) is 42.1 Å². The van der Waals surface area contributed by atoms with Crippen molar-refractivity contribution in [2.45, 2.75) is 19.1 Å². The Labute approximate surface area is 122 Å². The number of carboxylic acid groups (broad SMARTS) is 1. The van der Waals surface area contributed by atoms with E-state index in [9.17, 15) is 9.59 Å². The fourth-order valence-electron chi connectivity index (χ4n) is 1.70. The molecule has 1 aromatic carbocycles. The summed E-state index contributed by atoms with van der Waals surface area (Å²) in [5.74, 6) is -0.710. The molecule has 20 heavy (non-hydrogen) atoms. The Morgan fingerprint density at radius 1 is 1.45 bits per heavy atom. The van der Waals surface area contributed by atoms with Crippen molar-refractivity contribution < 1.29 is 19.4 Å². The normalized spacial score (nSPS) is 11.9. The van der Waals surface area contributed by atoms with Crippen LogP contribution in [0, 0.1) is 0 Å². The average Bonchev–Trinajstić information content (AvgIpc) is 2.43. The molecule has 0 saturated heterocycles. The Kier molecular flexibility index (Phi) is 7.11. The summed E-state index contributed by atoms with van der Waals surface area (Å²) in [4.78, 5) is 23.2. The first kappa shape index (κ1) is 16.5. The van der Waals surface area contributed by atoms with Gasteiger partial charge in [-0.15, -0.1) is 0 Å². The molecule has 0 aliphatic heterocycles. The number of carbonyl (C=O) groups excluding carboxylic acids is 1. The molecule has 2 N–H and O–H groups in total. The molecular weight excluding hydrogens is 278 g/mol. The maximum absolute atomic E-state index is 12.1. The highest BCUT2D eigenvalue weighted by Crippen LogP contribution is 2.08. The van der Waals surface area contributed by atoms with Gasteiger partial charge in [0.1, 0.15) is 6.04 Å². The molecular formula is C14H19NO4S. The lowest BCUT2D eigenvalue weighted by atomic mass is 10.1. The number of carbonyl (C=O) groups is 2. The lowest BCUT2D eigenvalue weighted by Gasteiger charge is -2.14. The third-order valence-corrected chi connectivity index (χ3v) is 3.36. The standard InChI is InChI=1S/C14H19NO4S/c1-19-9-10-4-3-5-11(8-10)13(16)15-12(14(17)18)6-7-20-2/h3-5,8,12H,6-7,9H2,1-2H3,(H,15,16)(H,17,18)/t12-/m0/s1. The molecule has 0 bridgehead atoms. The van der Waals surface area contributed by atoms with E-state index in [1.165, 1.54) is 0 Å². The summed E-state index contributed by atoms with van der Waals surface area (Å²) in [6, 6.07) is 6.10. The summed E-state index contributed by atoms with van der Waals surface area (Å²) < 4.78 is 5.01. The van der Waals surface area contributed by atoms with E-state index in [-0.39, 0.29) is 5.91 Å². The first-order valence-corrected chi connectivity index (χ1v) is 7.58. The highest BCUT2D eigenvalue weighted by molar-refractivity contribution is 7.98. The van der Waals surface area contributed by atoms with E-state index >= 15 is 0 Å². The predicted octanol–water partition coefficient (Wildman–Crippen LogP) is 1.77. The van der Waals surface area contributed by atoms with Crippen LogP contribution in [0.1, 0.15) is 22.3 Å². The van der Waals surface area contributed by atoms with Crippen molar-refractivity contribution in [3.05, 3.63) is 35.4 Å². The zero-order valence-corrected chi connectivity index (χ0v) is 12.4. The SMILES string of the molecule is COCc1cccc(C(=O)N[C@@H](CCSC)C(=O)O)c1. The molecule has 0 aromatic heterocycles. The third kappa shape index (κ3) is 5.22. The molecule has 0 fully saturated rings. The largest absolute Gasteiger partial charge is 0.480 e. The molecule has 1 atom stereocenters. The van der Waals surface area contributed by atoms with Crippen molar-refractivity contribution in [3.63, 3.8) is 0 Å². The fourth-order valence-corrected chi connectivity index (χ4v) is 2.18. The highest BCUT2D eigenvalue weighted by Gasteiger charge is 2.20. The molecule has 0 spiro atoms. The second-order valence-electron chi connectivity index (χ2n) is 4.28. The van der Waals surface area contributed by atoms with Crippen LogP contribution in [0.3, 0.4) is 0 Å². The number of rotatable bonds is 8. The first-order chi connectivity index (χ1) is 9.58. The van der Waals surface area contributed by atoms with Crippen molar-refractivity contribution in [1.29, 1.82) is 0 Å². The number of hydrogen-bond acceptors (Lipinski definition) is 4. The maximum Gasteiger partial charge on any atom is 0.326 e. The van der Waals surface area contributed by atoms with Crippen LogP contribution in [0.5, 0.6) is 0 Å². The van der Waals surface area contributed by atoms with Crippen LogP contribution in [0.4, 0.5) is 0 Å². The Morgan fingerprint density at radius 2 is 2.20 bits per heavy atom. The molecule has 0 aliphatic rings. The minimum Gasteiger partial charge on any atom is -0.480 e. The molecule has 1 amide bonds. The van der Waals surface area contributed by atoms with E-state index < -0.39 is 12.0 Å². The smallest absolute Gasteiger partial charge is 0.326 e. The minimum atomic E-state index is -1.01. The number of hydrogen-bond donors (Lipinski definition) is 2. The van der Waals surface area contributed by atoms with Crippen molar-refractivity contribution >= 4 is 23.6 Å². The van der Waals surface area contributed by atoms with Crippen LogP contribution < -0.4 is 5.32 Å². The number of thioether (sulfide) groups is 1. The van der Waals surface area contributed by atoms with Crippen LogP contribution in [0.15, 0.2) is 24.3 Å². The van der Waals surface area contributed by atoms with Gasteiger partial charge in [0.05, 0.1) is 6.61 Å². The average molecular weight is 297 g/mol. The molecule has 0 aliphatic carbocycles. The molecule has 1 aromatic rings. The number of ether oxygens (including phenoxy) is 1. The molecule has 0 unspecified atom stereocenters. The second-order valence-corrected chi connectivity index (χ2v) is 5.26. The molecule has 5 nitrogen and oxygen atoms in total. The summed E-state index contributed by atoms with van der Waals surface area (Å²) in [5.41, 5.74) is 1.31. The zero-order chi connectivity index (χ0) is 15.0. The van der Waals surface area contributed by atoms with E-state index in [1.807, 2.05) is 12.3 Å². The van der Waals surface area contributed by atoms with Gasteiger partial charge >= 0.3 is 5.97 Å². The number of aliphatic carboxylic acids is 1. The number of carboxylic acids is 1. The summed E-state index contributed by atoms with van der Waals surface area (Å²) in [6.45, 7) is 0.413.